The van der Waals surface area contributed by atoms with Crippen molar-refractivity contribution < 1.29 is 19.1 Å². The Morgan fingerprint density at radius 2 is 1.86 bits per heavy atom. The van der Waals surface area contributed by atoms with E-state index in [9.17, 15) is 14.9 Å². The SMILES string of the molecule is COc1ccc(C[C@@H]2S/C(=C(\C#N)C(N)=O)N(c3cccc(OC)c3)C2=O)cc1. The van der Waals surface area contributed by atoms with Crippen molar-refractivity contribution in [2.45, 2.75) is 11.7 Å². The number of primary amides is 1. The molecule has 1 fully saturated rings. The molecule has 0 aliphatic carbocycles. The molecule has 0 aromatic heterocycles. The third kappa shape index (κ3) is 4.20. The average Bonchev–Trinajstić information content (AvgIpc) is 3.04. The number of carbonyl (C=O) groups excluding carboxylic acids is 2. The number of anilines is 1. The predicted molar refractivity (Wildman–Crippen MR) is 110 cm³/mol. The lowest BCUT2D eigenvalue weighted by Gasteiger charge is -2.18. The highest BCUT2D eigenvalue weighted by Crippen LogP contribution is 2.42. The Morgan fingerprint density at radius 3 is 2.45 bits per heavy atom. The molecule has 0 radical (unpaired) electrons. The zero-order valence-electron chi connectivity index (χ0n) is 15.9. The summed E-state index contributed by atoms with van der Waals surface area (Å²) in [6.07, 6.45) is 0.426. The Balaban J connectivity index is 2.00. The van der Waals surface area contributed by atoms with Crippen LogP contribution in [0.4, 0.5) is 5.69 Å². The fourth-order valence-corrected chi connectivity index (χ4v) is 4.28. The van der Waals surface area contributed by atoms with Gasteiger partial charge in [-0.05, 0) is 36.2 Å². The van der Waals surface area contributed by atoms with Gasteiger partial charge in [-0.3, -0.25) is 14.5 Å². The maximum absolute atomic E-state index is 13.2. The number of rotatable bonds is 6. The van der Waals surface area contributed by atoms with E-state index in [-0.39, 0.29) is 16.5 Å². The molecule has 1 heterocycles. The molecule has 3 rings (SSSR count). The molecule has 2 aromatic rings. The van der Waals surface area contributed by atoms with E-state index in [1.165, 1.54) is 12.0 Å². The molecule has 1 atom stereocenters. The van der Waals surface area contributed by atoms with Crippen molar-refractivity contribution in [2.75, 3.05) is 19.1 Å². The number of nitrogens with zero attached hydrogens (tertiary/aromatic N) is 2. The summed E-state index contributed by atoms with van der Waals surface area (Å²) in [6.45, 7) is 0. The molecule has 2 amide bonds. The van der Waals surface area contributed by atoms with Crippen molar-refractivity contribution >= 4 is 29.3 Å². The fraction of sp³-hybridized carbons (Fsp3) is 0.190. The van der Waals surface area contributed by atoms with Crippen LogP contribution in [-0.2, 0) is 16.0 Å². The Labute approximate surface area is 172 Å². The second-order valence-corrected chi connectivity index (χ2v) is 7.38. The fourth-order valence-electron chi connectivity index (χ4n) is 2.96. The summed E-state index contributed by atoms with van der Waals surface area (Å²) in [4.78, 5) is 26.4. The first-order valence-corrected chi connectivity index (χ1v) is 9.58. The minimum atomic E-state index is -0.874. The van der Waals surface area contributed by atoms with Crippen LogP contribution >= 0.6 is 11.8 Å². The summed E-state index contributed by atoms with van der Waals surface area (Å²) >= 11 is 1.16. The minimum Gasteiger partial charge on any atom is -0.497 e. The van der Waals surface area contributed by atoms with E-state index < -0.39 is 11.2 Å². The molecular weight excluding hydrogens is 390 g/mol. The minimum absolute atomic E-state index is 0.233. The van der Waals surface area contributed by atoms with E-state index >= 15 is 0 Å². The van der Waals surface area contributed by atoms with Gasteiger partial charge in [0.25, 0.3) is 5.91 Å². The van der Waals surface area contributed by atoms with E-state index in [0.29, 0.717) is 17.9 Å². The van der Waals surface area contributed by atoms with E-state index in [0.717, 1.165) is 23.1 Å². The van der Waals surface area contributed by atoms with Crippen LogP contribution < -0.4 is 20.1 Å². The van der Waals surface area contributed by atoms with Crippen LogP contribution in [0.25, 0.3) is 0 Å². The van der Waals surface area contributed by atoms with Crippen molar-refractivity contribution in [3.05, 3.63) is 64.7 Å². The summed E-state index contributed by atoms with van der Waals surface area (Å²) in [6, 6.07) is 16.1. The lowest BCUT2D eigenvalue weighted by molar-refractivity contribution is -0.117. The second-order valence-electron chi connectivity index (χ2n) is 6.19. The van der Waals surface area contributed by atoms with Gasteiger partial charge in [0.1, 0.15) is 28.2 Å². The highest BCUT2D eigenvalue weighted by molar-refractivity contribution is 8.05. The van der Waals surface area contributed by atoms with Gasteiger partial charge in [-0.25, -0.2) is 0 Å². The van der Waals surface area contributed by atoms with Crippen LogP contribution in [0, 0.1) is 11.3 Å². The number of thioether (sulfide) groups is 1. The quantitative estimate of drug-likeness (QED) is 0.581. The molecule has 1 saturated heterocycles. The molecule has 0 spiro atoms. The molecular formula is C21H19N3O4S. The van der Waals surface area contributed by atoms with E-state index in [1.54, 1.807) is 31.4 Å². The lowest BCUT2D eigenvalue weighted by atomic mass is 10.1. The van der Waals surface area contributed by atoms with E-state index in [1.807, 2.05) is 30.3 Å². The maximum Gasteiger partial charge on any atom is 0.262 e. The Kier molecular flexibility index (Phi) is 6.10. The van der Waals surface area contributed by atoms with Crippen LogP contribution in [0.15, 0.2) is 59.1 Å². The molecule has 1 aliphatic heterocycles. The first-order valence-electron chi connectivity index (χ1n) is 8.70. The first-order chi connectivity index (χ1) is 14.0. The standard InChI is InChI=1S/C21H19N3O4S/c1-27-15-8-6-13(7-9-15)10-18-20(26)24(14-4-3-5-16(11-14)28-2)21(29-18)17(12-22)19(23)25/h3-9,11,18H,10H2,1-2H3,(H2,23,25)/b21-17+/t18-/m0/s1. The van der Waals surface area contributed by atoms with Crippen LogP contribution in [-0.4, -0.2) is 31.3 Å². The van der Waals surface area contributed by atoms with Gasteiger partial charge in [0, 0.05) is 6.07 Å². The van der Waals surface area contributed by atoms with Gasteiger partial charge in [-0.2, -0.15) is 5.26 Å². The third-order valence-corrected chi connectivity index (χ3v) is 5.68. The number of nitriles is 1. The van der Waals surface area contributed by atoms with Crippen LogP contribution in [0.2, 0.25) is 0 Å². The van der Waals surface area contributed by atoms with Crippen LogP contribution in [0.3, 0.4) is 0 Å². The van der Waals surface area contributed by atoms with E-state index in [4.69, 9.17) is 15.2 Å². The molecule has 7 nitrogen and oxygen atoms in total. The monoisotopic (exact) mass is 409 g/mol. The van der Waals surface area contributed by atoms with Crippen molar-refractivity contribution in [1.82, 2.24) is 0 Å². The summed E-state index contributed by atoms with van der Waals surface area (Å²) in [5, 5.41) is 9.17. The smallest absolute Gasteiger partial charge is 0.262 e. The van der Waals surface area contributed by atoms with Crippen LogP contribution in [0.5, 0.6) is 11.5 Å². The maximum atomic E-state index is 13.2. The van der Waals surface area contributed by atoms with Crippen molar-refractivity contribution in [3.63, 3.8) is 0 Å². The first kappa shape index (κ1) is 20.3. The summed E-state index contributed by atoms with van der Waals surface area (Å²) in [5.41, 5.74) is 6.58. The van der Waals surface area contributed by atoms with Crippen molar-refractivity contribution in [2.24, 2.45) is 5.73 Å². The summed E-state index contributed by atoms with van der Waals surface area (Å²) in [7, 11) is 3.11. The molecule has 8 heteroatoms. The summed E-state index contributed by atoms with van der Waals surface area (Å²) in [5.74, 6) is 0.165. The Hall–Kier alpha value is -3.44. The average molecular weight is 409 g/mol. The number of nitrogens with two attached hydrogens (primary N) is 1. The highest BCUT2D eigenvalue weighted by Gasteiger charge is 2.40. The molecule has 29 heavy (non-hydrogen) atoms. The molecule has 2 N–H and O–H groups in total. The normalized spacial score (nSPS) is 17.6. The number of hydrogen-bond donors (Lipinski definition) is 1. The van der Waals surface area contributed by atoms with Crippen molar-refractivity contribution in [3.8, 4) is 17.6 Å². The Morgan fingerprint density at radius 1 is 1.17 bits per heavy atom. The van der Waals surface area contributed by atoms with Gasteiger partial charge in [0.15, 0.2) is 0 Å². The number of methoxy groups -OCH3 is 2. The molecule has 0 unspecified atom stereocenters. The number of benzene rings is 2. The van der Waals surface area contributed by atoms with Crippen LogP contribution in [0.1, 0.15) is 5.56 Å². The number of ether oxygens (including phenoxy) is 2. The number of amides is 2. The van der Waals surface area contributed by atoms with Gasteiger partial charge >= 0.3 is 0 Å². The Bertz CT molecular complexity index is 1010. The summed E-state index contributed by atoms with van der Waals surface area (Å²) < 4.78 is 10.4. The third-order valence-electron chi connectivity index (χ3n) is 4.42. The molecule has 148 valence electrons. The van der Waals surface area contributed by atoms with Gasteiger partial charge in [0.05, 0.1) is 25.2 Å². The lowest BCUT2D eigenvalue weighted by Crippen LogP contribution is -2.31. The largest absolute Gasteiger partial charge is 0.497 e. The second kappa shape index (κ2) is 8.71. The van der Waals surface area contributed by atoms with E-state index in [2.05, 4.69) is 0 Å². The van der Waals surface area contributed by atoms with Gasteiger partial charge < -0.3 is 15.2 Å². The van der Waals surface area contributed by atoms with Gasteiger partial charge in [0.2, 0.25) is 5.91 Å². The number of carbonyl (C=O) groups is 2. The molecule has 2 aromatic carbocycles. The molecule has 0 saturated carbocycles. The highest BCUT2D eigenvalue weighted by atomic mass is 32.2. The van der Waals surface area contributed by atoms with Gasteiger partial charge in [-0.15, -0.1) is 0 Å². The van der Waals surface area contributed by atoms with Gasteiger partial charge in [-0.1, -0.05) is 30.0 Å². The molecule has 1 aliphatic rings. The molecule has 0 bridgehead atoms. The topological polar surface area (TPSA) is 106 Å². The zero-order valence-corrected chi connectivity index (χ0v) is 16.7. The zero-order chi connectivity index (χ0) is 21.0. The van der Waals surface area contributed by atoms with Crippen molar-refractivity contribution in [1.29, 1.82) is 5.26 Å². The number of hydrogen-bond acceptors (Lipinski definition) is 6. The predicted octanol–water partition coefficient (Wildman–Crippen LogP) is 2.62.